The molecule has 0 fully saturated rings. The van der Waals surface area contributed by atoms with Crippen LogP contribution in [-0.2, 0) is 14.3 Å². The zero-order valence-electron chi connectivity index (χ0n) is 14.9. The summed E-state index contributed by atoms with van der Waals surface area (Å²) in [4.78, 5) is 35.5. The lowest BCUT2D eigenvalue weighted by atomic mass is 10.1. The normalized spacial score (nSPS) is 12.6. The number of hydrogen-bond donors (Lipinski definition) is 1. The van der Waals surface area contributed by atoms with Gasteiger partial charge in [-0.05, 0) is 57.2 Å². The van der Waals surface area contributed by atoms with Crippen LogP contribution in [0.4, 0.5) is 5.69 Å². The minimum absolute atomic E-state index is 0.0578. The standard InChI is InChI=1S/C20H21NO5/c1-13(22)16-9-11-17(12-10-16)21-19(23)14(2)26-20(24)15(3)25-18-7-5-4-6-8-18/h4-12,14-15H,1-3H3,(H,21,23)/t14-,15-/m1/s1. The van der Waals surface area contributed by atoms with Crippen LogP contribution >= 0.6 is 0 Å². The Bertz CT molecular complexity index is 771. The molecule has 26 heavy (non-hydrogen) atoms. The van der Waals surface area contributed by atoms with Gasteiger partial charge in [0.2, 0.25) is 0 Å². The van der Waals surface area contributed by atoms with Crippen LogP contribution < -0.4 is 10.1 Å². The predicted octanol–water partition coefficient (Wildman–Crippen LogP) is 3.23. The van der Waals surface area contributed by atoms with Gasteiger partial charge in [0, 0.05) is 11.3 Å². The number of hydrogen-bond acceptors (Lipinski definition) is 5. The van der Waals surface area contributed by atoms with E-state index in [9.17, 15) is 14.4 Å². The number of amides is 1. The molecule has 1 N–H and O–H groups in total. The maximum Gasteiger partial charge on any atom is 0.347 e. The first kappa shape index (κ1) is 19.2. The zero-order valence-corrected chi connectivity index (χ0v) is 14.9. The highest BCUT2D eigenvalue weighted by atomic mass is 16.6. The Morgan fingerprint density at radius 2 is 1.50 bits per heavy atom. The summed E-state index contributed by atoms with van der Waals surface area (Å²) >= 11 is 0. The van der Waals surface area contributed by atoms with E-state index in [4.69, 9.17) is 9.47 Å². The minimum Gasteiger partial charge on any atom is -0.479 e. The molecule has 1 amide bonds. The maximum atomic E-state index is 12.2. The van der Waals surface area contributed by atoms with Crippen molar-refractivity contribution in [1.29, 1.82) is 0 Å². The largest absolute Gasteiger partial charge is 0.479 e. The molecule has 0 bridgehead atoms. The van der Waals surface area contributed by atoms with E-state index >= 15 is 0 Å². The first-order chi connectivity index (χ1) is 12.4. The van der Waals surface area contributed by atoms with Gasteiger partial charge >= 0.3 is 5.97 Å². The minimum atomic E-state index is -0.989. The van der Waals surface area contributed by atoms with Crippen LogP contribution in [0.2, 0.25) is 0 Å². The van der Waals surface area contributed by atoms with Crippen molar-refractivity contribution in [2.24, 2.45) is 0 Å². The third-order valence-corrected chi connectivity index (χ3v) is 3.61. The van der Waals surface area contributed by atoms with Gasteiger partial charge in [-0.25, -0.2) is 4.79 Å². The summed E-state index contributed by atoms with van der Waals surface area (Å²) in [6.45, 7) is 4.50. The van der Waals surface area contributed by atoms with Crippen LogP contribution in [0.3, 0.4) is 0 Å². The lowest BCUT2D eigenvalue weighted by Crippen LogP contribution is -2.35. The number of rotatable bonds is 7. The van der Waals surface area contributed by atoms with Crippen LogP contribution in [0, 0.1) is 0 Å². The second kappa shape index (κ2) is 8.80. The maximum absolute atomic E-state index is 12.2. The highest BCUT2D eigenvalue weighted by molar-refractivity contribution is 5.97. The lowest BCUT2D eigenvalue weighted by Gasteiger charge is -2.17. The quantitative estimate of drug-likeness (QED) is 0.609. The van der Waals surface area contributed by atoms with Crippen LogP contribution in [0.15, 0.2) is 54.6 Å². The fourth-order valence-electron chi connectivity index (χ4n) is 2.11. The molecule has 0 aliphatic carbocycles. The molecule has 0 aromatic heterocycles. The number of ether oxygens (including phenoxy) is 2. The van der Waals surface area contributed by atoms with Gasteiger partial charge in [0.1, 0.15) is 5.75 Å². The first-order valence-electron chi connectivity index (χ1n) is 8.21. The van der Waals surface area contributed by atoms with E-state index in [0.717, 1.165) is 0 Å². The van der Waals surface area contributed by atoms with Crippen molar-refractivity contribution in [3.63, 3.8) is 0 Å². The molecule has 6 heteroatoms. The molecule has 2 aromatic rings. The Balaban J connectivity index is 1.87. The van der Waals surface area contributed by atoms with E-state index in [2.05, 4.69) is 5.32 Å². The molecular weight excluding hydrogens is 334 g/mol. The van der Waals surface area contributed by atoms with E-state index in [1.54, 1.807) is 55.5 Å². The summed E-state index contributed by atoms with van der Waals surface area (Å²) in [6, 6.07) is 15.3. The van der Waals surface area contributed by atoms with E-state index in [0.29, 0.717) is 17.0 Å². The topological polar surface area (TPSA) is 81.7 Å². The van der Waals surface area contributed by atoms with Crippen LogP contribution in [-0.4, -0.2) is 29.9 Å². The molecule has 136 valence electrons. The summed E-state index contributed by atoms with van der Waals surface area (Å²) in [5, 5.41) is 2.63. The molecule has 0 saturated heterocycles. The van der Waals surface area contributed by atoms with Gasteiger partial charge in [0.15, 0.2) is 18.0 Å². The number of anilines is 1. The Labute approximate surface area is 152 Å². The number of ketones is 1. The van der Waals surface area contributed by atoms with Crippen LogP contribution in [0.5, 0.6) is 5.75 Å². The SMILES string of the molecule is CC(=O)c1ccc(NC(=O)[C@@H](C)OC(=O)[C@@H](C)Oc2ccccc2)cc1. The highest BCUT2D eigenvalue weighted by Gasteiger charge is 2.23. The summed E-state index contributed by atoms with van der Waals surface area (Å²) in [6.07, 6.45) is -1.83. The molecule has 0 unspecified atom stereocenters. The molecule has 6 nitrogen and oxygen atoms in total. The van der Waals surface area contributed by atoms with Gasteiger partial charge in [-0.15, -0.1) is 0 Å². The number of esters is 1. The molecule has 0 spiro atoms. The number of Topliss-reactive ketones (excluding diaryl/α,β-unsaturated/α-hetero) is 1. The van der Waals surface area contributed by atoms with Gasteiger partial charge in [-0.1, -0.05) is 18.2 Å². The van der Waals surface area contributed by atoms with Crippen LogP contribution in [0.25, 0.3) is 0 Å². The van der Waals surface area contributed by atoms with Crippen molar-refractivity contribution in [2.75, 3.05) is 5.32 Å². The number of benzene rings is 2. The number of nitrogens with one attached hydrogen (secondary N) is 1. The molecule has 2 rings (SSSR count). The summed E-state index contributed by atoms with van der Waals surface area (Å²) in [7, 11) is 0. The molecule has 0 aliphatic heterocycles. The van der Waals surface area contributed by atoms with Gasteiger partial charge in [-0.3, -0.25) is 9.59 Å². The summed E-state index contributed by atoms with van der Waals surface area (Å²) < 4.78 is 10.6. The molecule has 2 aromatic carbocycles. The third-order valence-electron chi connectivity index (χ3n) is 3.61. The Kier molecular flexibility index (Phi) is 6.49. The lowest BCUT2D eigenvalue weighted by molar-refractivity contribution is -0.159. The van der Waals surface area contributed by atoms with Crippen molar-refractivity contribution in [3.8, 4) is 5.75 Å². The predicted molar refractivity (Wildman–Crippen MR) is 97.2 cm³/mol. The summed E-state index contributed by atoms with van der Waals surface area (Å²) in [5.74, 6) is -0.624. The van der Waals surface area contributed by atoms with Gasteiger partial charge in [0.05, 0.1) is 0 Å². The van der Waals surface area contributed by atoms with E-state index in [1.807, 2.05) is 6.07 Å². The van der Waals surface area contributed by atoms with Crippen molar-refractivity contribution in [2.45, 2.75) is 33.0 Å². The monoisotopic (exact) mass is 355 g/mol. The van der Waals surface area contributed by atoms with E-state index in [1.165, 1.54) is 13.8 Å². The van der Waals surface area contributed by atoms with E-state index in [-0.39, 0.29) is 5.78 Å². The Hall–Kier alpha value is -3.15. The van der Waals surface area contributed by atoms with Gasteiger partial charge in [-0.2, -0.15) is 0 Å². The van der Waals surface area contributed by atoms with Crippen LogP contribution in [0.1, 0.15) is 31.1 Å². The molecule has 2 atom stereocenters. The number of para-hydroxylation sites is 1. The molecule has 0 saturated carbocycles. The Morgan fingerprint density at radius 1 is 0.885 bits per heavy atom. The molecular formula is C20H21NO5. The average molecular weight is 355 g/mol. The number of carbonyl (C=O) groups excluding carboxylic acids is 3. The third kappa shape index (κ3) is 5.44. The Morgan fingerprint density at radius 3 is 2.08 bits per heavy atom. The van der Waals surface area contributed by atoms with Crippen molar-refractivity contribution < 1.29 is 23.9 Å². The van der Waals surface area contributed by atoms with E-state index < -0.39 is 24.1 Å². The summed E-state index contributed by atoms with van der Waals surface area (Å²) in [5.41, 5.74) is 1.06. The average Bonchev–Trinajstić information content (AvgIpc) is 2.62. The van der Waals surface area contributed by atoms with Crippen molar-refractivity contribution >= 4 is 23.3 Å². The molecule has 0 aliphatic rings. The smallest absolute Gasteiger partial charge is 0.347 e. The number of carbonyl (C=O) groups is 3. The first-order valence-corrected chi connectivity index (χ1v) is 8.21. The van der Waals surface area contributed by atoms with Gasteiger partial charge in [0.25, 0.3) is 5.91 Å². The van der Waals surface area contributed by atoms with Crippen molar-refractivity contribution in [1.82, 2.24) is 0 Å². The van der Waals surface area contributed by atoms with Crippen molar-refractivity contribution in [3.05, 3.63) is 60.2 Å². The molecule has 0 radical (unpaired) electrons. The second-order valence-electron chi connectivity index (χ2n) is 5.78. The fourth-order valence-corrected chi connectivity index (χ4v) is 2.11. The van der Waals surface area contributed by atoms with Gasteiger partial charge < -0.3 is 14.8 Å². The highest BCUT2D eigenvalue weighted by Crippen LogP contribution is 2.13. The molecule has 0 heterocycles. The fraction of sp³-hybridized carbons (Fsp3) is 0.250. The second-order valence-corrected chi connectivity index (χ2v) is 5.78. The zero-order chi connectivity index (χ0) is 19.1.